The molecule has 3 aromatic rings. The number of amides is 2. The van der Waals surface area contributed by atoms with Gasteiger partial charge in [0.1, 0.15) is 17.1 Å². The highest BCUT2D eigenvalue weighted by atomic mass is 35.5. The number of halogens is 2. The average molecular weight is 457 g/mol. The number of hydrogen-bond acceptors (Lipinski definition) is 4. The lowest BCUT2D eigenvalue weighted by molar-refractivity contribution is -0.122. The normalized spacial score (nSPS) is 15.6. The van der Waals surface area contributed by atoms with Gasteiger partial charge in [0.05, 0.1) is 15.7 Å². The van der Waals surface area contributed by atoms with Crippen LogP contribution >= 0.6 is 35.4 Å². The first-order valence-electron chi connectivity index (χ1n) is 8.87. The minimum atomic E-state index is -0.591. The standard InChI is InChI=1S/C22H14Cl2N2O3S/c1-12-5-7-13(8-6-12)26-21(28)16(20(27)25-22(26)30)11-14-9-10-18(29-14)15-3-2-4-17(23)19(15)24/h2-11H,1H3,(H,25,27,30)/b16-11+. The molecule has 0 atom stereocenters. The molecule has 1 fully saturated rings. The maximum absolute atomic E-state index is 13.0. The van der Waals surface area contributed by atoms with Crippen molar-refractivity contribution in [2.75, 3.05) is 4.90 Å². The number of carbonyl (C=O) groups excluding carboxylic acids is 2. The van der Waals surface area contributed by atoms with Crippen molar-refractivity contribution in [3.05, 3.63) is 81.5 Å². The van der Waals surface area contributed by atoms with Crippen molar-refractivity contribution >= 4 is 64.1 Å². The Hall–Kier alpha value is -2.93. The lowest BCUT2D eigenvalue weighted by atomic mass is 10.1. The molecule has 1 aliphatic heterocycles. The van der Waals surface area contributed by atoms with Crippen LogP contribution in [0.15, 0.2) is 64.6 Å². The fourth-order valence-corrected chi connectivity index (χ4v) is 3.67. The van der Waals surface area contributed by atoms with Gasteiger partial charge in [-0.05, 0) is 61.6 Å². The molecule has 0 radical (unpaired) electrons. The summed E-state index contributed by atoms with van der Waals surface area (Å²) in [5, 5.41) is 3.33. The third kappa shape index (κ3) is 3.77. The fourth-order valence-electron chi connectivity index (χ4n) is 3.00. The molecule has 2 amide bonds. The number of nitrogens with one attached hydrogen (secondary N) is 1. The molecule has 150 valence electrons. The number of thiocarbonyl (C=S) groups is 1. The fraction of sp³-hybridized carbons (Fsp3) is 0.0455. The summed E-state index contributed by atoms with van der Waals surface area (Å²) in [6.07, 6.45) is 1.38. The second kappa shape index (κ2) is 8.07. The van der Waals surface area contributed by atoms with Crippen LogP contribution in [0.25, 0.3) is 17.4 Å². The van der Waals surface area contributed by atoms with E-state index in [1.807, 2.05) is 19.1 Å². The van der Waals surface area contributed by atoms with Crippen molar-refractivity contribution in [3.63, 3.8) is 0 Å². The quantitative estimate of drug-likeness (QED) is 0.325. The average Bonchev–Trinajstić information content (AvgIpc) is 3.17. The zero-order chi connectivity index (χ0) is 21.4. The van der Waals surface area contributed by atoms with E-state index < -0.39 is 11.8 Å². The number of carbonyl (C=O) groups is 2. The summed E-state index contributed by atoms with van der Waals surface area (Å²) in [6, 6.07) is 15.8. The summed E-state index contributed by atoms with van der Waals surface area (Å²) in [5.41, 5.74) is 2.11. The molecule has 0 bridgehead atoms. The van der Waals surface area contributed by atoms with Gasteiger partial charge in [0.25, 0.3) is 11.8 Å². The predicted molar refractivity (Wildman–Crippen MR) is 122 cm³/mol. The first-order chi connectivity index (χ1) is 14.3. The van der Waals surface area contributed by atoms with E-state index in [0.29, 0.717) is 32.8 Å². The highest BCUT2D eigenvalue weighted by Gasteiger charge is 2.34. The molecule has 4 rings (SSSR count). The Labute approximate surface area is 187 Å². The SMILES string of the molecule is Cc1ccc(N2C(=O)/C(=C/c3ccc(-c4cccc(Cl)c4Cl)o3)C(=O)NC2=S)cc1. The molecule has 0 spiro atoms. The Morgan fingerprint density at radius 3 is 2.50 bits per heavy atom. The van der Waals surface area contributed by atoms with Crippen LogP contribution in [0.4, 0.5) is 5.69 Å². The van der Waals surface area contributed by atoms with Crippen LogP contribution in [0.1, 0.15) is 11.3 Å². The molecule has 5 nitrogen and oxygen atoms in total. The van der Waals surface area contributed by atoms with Gasteiger partial charge >= 0.3 is 0 Å². The number of aryl methyl sites for hydroxylation is 1. The Bertz CT molecular complexity index is 1220. The van der Waals surface area contributed by atoms with Crippen LogP contribution in [0.3, 0.4) is 0 Å². The van der Waals surface area contributed by atoms with Gasteiger partial charge in [-0.3, -0.25) is 19.8 Å². The van der Waals surface area contributed by atoms with E-state index in [1.165, 1.54) is 11.0 Å². The van der Waals surface area contributed by atoms with Crippen molar-refractivity contribution in [2.45, 2.75) is 6.92 Å². The number of furan rings is 1. The minimum absolute atomic E-state index is 0.0249. The van der Waals surface area contributed by atoms with Crippen molar-refractivity contribution in [3.8, 4) is 11.3 Å². The molecule has 30 heavy (non-hydrogen) atoms. The van der Waals surface area contributed by atoms with Gasteiger partial charge in [-0.25, -0.2) is 0 Å². The number of hydrogen-bond donors (Lipinski definition) is 1. The predicted octanol–water partition coefficient (Wildman–Crippen LogP) is 5.39. The van der Waals surface area contributed by atoms with Crippen molar-refractivity contribution in [2.24, 2.45) is 0 Å². The van der Waals surface area contributed by atoms with Crippen LogP contribution in [0.2, 0.25) is 10.0 Å². The van der Waals surface area contributed by atoms with E-state index in [2.05, 4.69) is 5.32 Å². The van der Waals surface area contributed by atoms with Gasteiger partial charge in [-0.2, -0.15) is 0 Å². The third-order valence-electron chi connectivity index (χ3n) is 4.52. The van der Waals surface area contributed by atoms with Crippen LogP contribution in [0, 0.1) is 6.92 Å². The second-order valence-corrected chi connectivity index (χ2v) is 7.77. The number of anilines is 1. The summed E-state index contributed by atoms with van der Waals surface area (Å²) < 4.78 is 5.79. The lowest BCUT2D eigenvalue weighted by Gasteiger charge is -2.28. The third-order valence-corrected chi connectivity index (χ3v) is 5.63. The van der Waals surface area contributed by atoms with Crippen LogP contribution < -0.4 is 10.2 Å². The van der Waals surface area contributed by atoms with Gasteiger partial charge in [0.15, 0.2) is 5.11 Å². The molecule has 1 aliphatic rings. The van der Waals surface area contributed by atoms with E-state index in [-0.39, 0.29) is 10.7 Å². The molecule has 1 saturated heterocycles. The van der Waals surface area contributed by atoms with Gasteiger partial charge in [0.2, 0.25) is 0 Å². The molecule has 2 heterocycles. The first-order valence-corrected chi connectivity index (χ1v) is 10.0. The summed E-state index contributed by atoms with van der Waals surface area (Å²) in [7, 11) is 0. The van der Waals surface area contributed by atoms with Crippen molar-refractivity contribution < 1.29 is 14.0 Å². The van der Waals surface area contributed by atoms with Crippen LogP contribution in [-0.4, -0.2) is 16.9 Å². The maximum Gasteiger partial charge on any atom is 0.270 e. The number of rotatable bonds is 3. The van der Waals surface area contributed by atoms with E-state index in [9.17, 15) is 9.59 Å². The van der Waals surface area contributed by atoms with Crippen LogP contribution in [0.5, 0.6) is 0 Å². The molecule has 1 N–H and O–H groups in total. The van der Waals surface area contributed by atoms with E-state index >= 15 is 0 Å². The van der Waals surface area contributed by atoms with E-state index in [4.69, 9.17) is 39.8 Å². The molecule has 0 aliphatic carbocycles. The van der Waals surface area contributed by atoms with Gasteiger partial charge in [-0.1, -0.05) is 47.0 Å². The van der Waals surface area contributed by atoms with Crippen molar-refractivity contribution in [1.82, 2.24) is 5.32 Å². The Balaban J connectivity index is 1.69. The summed E-state index contributed by atoms with van der Waals surface area (Å²) in [5.74, 6) is -0.349. The van der Waals surface area contributed by atoms with Gasteiger partial charge in [0, 0.05) is 5.56 Å². The molecule has 1 aromatic heterocycles. The highest BCUT2D eigenvalue weighted by molar-refractivity contribution is 7.80. The summed E-state index contributed by atoms with van der Waals surface area (Å²) >= 11 is 17.5. The Morgan fingerprint density at radius 2 is 1.77 bits per heavy atom. The largest absolute Gasteiger partial charge is 0.457 e. The zero-order valence-corrected chi connectivity index (χ0v) is 17.9. The monoisotopic (exact) mass is 456 g/mol. The van der Waals surface area contributed by atoms with Crippen LogP contribution in [-0.2, 0) is 9.59 Å². The smallest absolute Gasteiger partial charge is 0.270 e. The topological polar surface area (TPSA) is 62.6 Å². The number of benzene rings is 2. The second-order valence-electron chi connectivity index (χ2n) is 6.60. The molecular formula is C22H14Cl2N2O3S. The summed E-state index contributed by atoms with van der Waals surface area (Å²) in [4.78, 5) is 26.7. The first kappa shape index (κ1) is 20.3. The highest BCUT2D eigenvalue weighted by Crippen LogP contribution is 2.34. The Kier molecular flexibility index (Phi) is 5.47. The minimum Gasteiger partial charge on any atom is -0.457 e. The molecule has 8 heteroatoms. The maximum atomic E-state index is 13.0. The van der Waals surface area contributed by atoms with Gasteiger partial charge in [-0.15, -0.1) is 0 Å². The van der Waals surface area contributed by atoms with Gasteiger partial charge < -0.3 is 4.42 Å². The zero-order valence-electron chi connectivity index (χ0n) is 15.6. The Morgan fingerprint density at radius 1 is 1.03 bits per heavy atom. The molecular weight excluding hydrogens is 443 g/mol. The lowest BCUT2D eigenvalue weighted by Crippen LogP contribution is -2.54. The molecule has 0 unspecified atom stereocenters. The van der Waals surface area contributed by atoms with Crippen molar-refractivity contribution in [1.29, 1.82) is 0 Å². The van der Waals surface area contributed by atoms with E-state index in [1.54, 1.807) is 42.5 Å². The number of nitrogens with zero attached hydrogens (tertiary/aromatic N) is 1. The molecule has 0 saturated carbocycles. The van der Waals surface area contributed by atoms with E-state index in [0.717, 1.165) is 5.56 Å². The molecule has 2 aromatic carbocycles. The summed E-state index contributed by atoms with van der Waals surface area (Å²) in [6.45, 7) is 1.94.